The highest BCUT2D eigenvalue weighted by atomic mass is 16.5. The third-order valence-electron chi connectivity index (χ3n) is 2.61. The Hall–Kier alpha value is -1.82. The molecule has 0 aromatic carbocycles. The molecule has 0 atom stereocenters. The maximum atomic E-state index is 11.6. The van der Waals surface area contributed by atoms with Gasteiger partial charge in [0, 0.05) is 13.2 Å². The number of carboxylic acid groups (broad SMARTS) is 1. The highest BCUT2D eigenvalue weighted by Gasteiger charge is 2.25. The van der Waals surface area contributed by atoms with Gasteiger partial charge in [0.05, 0.1) is 25.5 Å². The Balaban J connectivity index is 3.49. The molecule has 1 aromatic rings. The minimum Gasteiger partial charge on any atom is -0.491 e. The first-order chi connectivity index (χ1) is 8.33. The lowest BCUT2D eigenvalue weighted by atomic mass is 10.1. The van der Waals surface area contributed by atoms with E-state index in [0.717, 1.165) is 6.07 Å². The van der Waals surface area contributed by atoms with Gasteiger partial charge in [-0.3, -0.25) is 4.79 Å². The summed E-state index contributed by atoms with van der Waals surface area (Å²) < 4.78 is 11.5. The minimum atomic E-state index is -1.17. The number of methoxy groups -OCH3 is 2. The highest BCUT2D eigenvalue weighted by Crippen LogP contribution is 2.20. The fraction of sp³-hybridized carbons (Fsp3) is 0.500. The number of aromatic carboxylic acids is 1. The van der Waals surface area contributed by atoms with Gasteiger partial charge in [0.15, 0.2) is 5.75 Å². The molecule has 0 amide bonds. The molecule has 6 nitrogen and oxygen atoms in total. The van der Waals surface area contributed by atoms with E-state index >= 15 is 0 Å². The van der Waals surface area contributed by atoms with Gasteiger partial charge in [-0.15, -0.1) is 0 Å². The molecule has 0 fully saturated rings. The quantitative estimate of drug-likeness (QED) is 0.847. The molecule has 18 heavy (non-hydrogen) atoms. The van der Waals surface area contributed by atoms with E-state index in [1.165, 1.54) is 25.0 Å². The summed E-state index contributed by atoms with van der Waals surface area (Å²) >= 11 is 0. The summed E-state index contributed by atoms with van der Waals surface area (Å²) in [6.45, 7) is 3.93. The van der Waals surface area contributed by atoms with Crippen molar-refractivity contribution in [2.75, 3.05) is 20.8 Å². The lowest BCUT2D eigenvalue weighted by molar-refractivity contribution is 0.0650. The van der Waals surface area contributed by atoms with E-state index in [-0.39, 0.29) is 11.4 Å². The van der Waals surface area contributed by atoms with Crippen LogP contribution in [0.15, 0.2) is 17.1 Å². The van der Waals surface area contributed by atoms with Crippen molar-refractivity contribution in [2.45, 2.75) is 19.4 Å². The monoisotopic (exact) mass is 255 g/mol. The van der Waals surface area contributed by atoms with Crippen LogP contribution in [0.3, 0.4) is 0 Å². The van der Waals surface area contributed by atoms with Crippen LogP contribution in [0.4, 0.5) is 0 Å². The van der Waals surface area contributed by atoms with Gasteiger partial charge in [0.25, 0.3) is 0 Å². The van der Waals surface area contributed by atoms with E-state index < -0.39 is 16.9 Å². The van der Waals surface area contributed by atoms with Crippen LogP contribution < -0.4 is 10.2 Å². The molecule has 1 rings (SSSR count). The molecular weight excluding hydrogens is 238 g/mol. The summed E-state index contributed by atoms with van der Waals surface area (Å²) in [6, 6.07) is 1.05. The van der Waals surface area contributed by atoms with Gasteiger partial charge in [-0.2, -0.15) is 0 Å². The number of hydrogen-bond donors (Lipinski definition) is 1. The van der Waals surface area contributed by atoms with E-state index in [2.05, 4.69) is 0 Å². The van der Waals surface area contributed by atoms with Gasteiger partial charge in [-0.25, -0.2) is 4.79 Å². The van der Waals surface area contributed by atoms with Gasteiger partial charge >= 0.3 is 5.97 Å². The number of carbonyl (C=O) groups is 1. The molecule has 0 unspecified atom stereocenters. The molecule has 0 bridgehead atoms. The highest BCUT2D eigenvalue weighted by molar-refractivity contribution is 5.85. The molecule has 0 aliphatic carbocycles. The number of hydrogen-bond acceptors (Lipinski definition) is 4. The van der Waals surface area contributed by atoms with E-state index in [4.69, 9.17) is 14.6 Å². The number of pyridine rings is 1. The van der Waals surface area contributed by atoms with Gasteiger partial charge in [-0.1, -0.05) is 0 Å². The van der Waals surface area contributed by atoms with Crippen molar-refractivity contribution in [3.8, 4) is 5.75 Å². The lowest BCUT2D eigenvalue weighted by Crippen LogP contribution is -2.35. The average molecular weight is 255 g/mol. The van der Waals surface area contributed by atoms with Gasteiger partial charge in [0.1, 0.15) is 5.69 Å². The Morgan fingerprint density at radius 2 is 2.06 bits per heavy atom. The second-order valence-corrected chi connectivity index (χ2v) is 4.51. The SMILES string of the molecule is COCC(C)(C)n1cc(OC)c(=O)cc1C(=O)O. The molecule has 0 aliphatic rings. The smallest absolute Gasteiger partial charge is 0.352 e. The molecule has 6 heteroatoms. The van der Waals surface area contributed by atoms with E-state index in [1.54, 1.807) is 0 Å². The molecular formula is C12H17NO5. The van der Waals surface area contributed by atoms with Crippen LogP contribution in [0, 0.1) is 0 Å². The van der Waals surface area contributed by atoms with Crippen LogP contribution in [0.25, 0.3) is 0 Å². The molecule has 100 valence electrons. The molecule has 0 aliphatic heterocycles. The van der Waals surface area contributed by atoms with Crippen molar-refractivity contribution >= 4 is 5.97 Å². The van der Waals surface area contributed by atoms with Crippen molar-refractivity contribution in [2.24, 2.45) is 0 Å². The topological polar surface area (TPSA) is 77.8 Å². The first kappa shape index (κ1) is 14.2. The van der Waals surface area contributed by atoms with Gasteiger partial charge in [-0.05, 0) is 13.8 Å². The van der Waals surface area contributed by atoms with E-state index in [0.29, 0.717) is 6.61 Å². The maximum absolute atomic E-state index is 11.6. The Labute approximate surface area is 105 Å². The van der Waals surface area contributed by atoms with Crippen molar-refractivity contribution in [1.82, 2.24) is 4.57 Å². The number of ether oxygens (including phenoxy) is 2. The Morgan fingerprint density at radius 3 is 2.50 bits per heavy atom. The fourth-order valence-corrected chi connectivity index (χ4v) is 1.76. The third kappa shape index (κ3) is 2.70. The zero-order valence-electron chi connectivity index (χ0n) is 10.9. The fourth-order valence-electron chi connectivity index (χ4n) is 1.76. The minimum absolute atomic E-state index is 0.0946. The van der Waals surface area contributed by atoms with Gasteiger partial charge in [0.2, 0.25) is 5.43 Å². The number of carboxylic acids is 1. The Kier molecular flexibility index (Phi) is 4.13. The van der Waals surface area contributed by atoms with Crippen LogP contribution in [0.5, 0.6) is 5.75 Å². The maximum Gasteiger partial charge on any atom is 0.352 e. The summed E-state index contributed by atoms with van der Waals surface area (Å²) in [7, 11) is 2.90. The van der Waals surface area contributed by atoms with Crippen LogP contribution in [-0.2, 0) is 10.3 Å². The molecule has 1 heterocycles. The standard InChI is InChI=1S/C12H17NO5/c1-12(2,7-17-3)13-6-10(18-4)9(14)5-8(13)11(15)16/h5-6H,7H2,1-4H3,(H,15,16). The van der Waals surface area contributed by atoms with Crippen molar-refractivity contribution in [1.29, 1.82) is 0 Å². The van der Waals surface area contributed by atoms with E-state index in [1.807, 2.05) is 13.8 Å². The largest absolute Gasteiger partial charge is 0.491 e. The molecule has 0 radical (unpaired) electrons. The molecule has 0 spiro atoms. The third-order valence-corrected chi connectivity index (χ3v) is 2.61. The normalized spacial score (nSPS) is 11.3. The summed E-state index contributed by atoms with van der Waals surface area (Å²) in [5, 5.41) is 9.14. The average Bonchev–Trinajstić information content (AvgIpc) is 2.28. The summed E-state index contributed by atoms with van der Waals surface area (Å²) in [5.74, 6) is -1.07. The number of aromatic nitrogens is 1. The second kappa shape index (κ2) is 5.22. The summed E-state index contributed by atoms with van der Waals surface area (Å²) in [4.78, 5) is 22.8. The summed E-state index contributed by atoms with van der Waals surface area (Å²) in [5.41, 5.74) is -1.16. The number of nitrogens with zero attached hydrogens (tertiary/aromatic N) is 1. The first-order valence-corrected chi connectivity index (χ1v) is 5.37. The van der Waals surface area contributed by atoms with E-state index in [9.17, 15) is 9.59 Å². The van der Waals surface area contributed by atoms with Crippen LogP contribution in [-0.4, -0.2) is 36.5 Å². The second-order valence-electron chi connectivity index (χ2n) is 4.51. The van der Waals surface area contributed by atoms with Crippen molar-refractivity contribution in [3.05, 3.63) is 28.2 Å². The molecule has 1 aromatic heterocycles. The van der Waals surface area contributed by atoms with Gasteiger partial charge < -0.3 is 19.1 Å². The van der Waals surface area contributed by atoms with Crippen LogP contribution in [0.1, 0.15) is 24.3 Å². The Bertz CT molecular complexity index is 504. The Morgan fingerprint density at radius 1 is 1.44 bits per heavy atom. The zero-order valence-corrected chi connectivity index (χ0v) is 10.9. The molecule has 0 saturated carbocycles. The zero-order chi connectivity index (χ0) is 13.9. The van der Waals surface area contributed by atoms with Crippen LogP contribution in [0.2, 0.25) is 0 Å². The molecule has 0 saturated heterocycles. The predicted molar refractivity (Wildman–Crippen MR) is 65.4 cm³/mol. The molecule has 1 N–H and O–H groups in total. The number of rotatable bonds is 5. The first-order valence-electron chi connectivity index (χ1n) is 5.37. The lowest BCUT2D eigenvalue weighted by Gasteiger charge is -2.29. The van der Waals surface area contributed by atoms with Crippen LogP contribution >= 0.6 is 0 Å². The summed E-state index contributed by atoms with van der Waals surface area (Å²) in [6.07, 6.45) is 1.39. The van der Waals surface area contributed by atoms with Crippen molar-refractivity contribution < 1.29 is 19.4 Å². The van der Waals surface area contributed by atoms with Crippen molar-refractivity contribution in [3.63, 3.8) is 0 Å². The predicted octanol–water partition coefficient (Wildman–Crippen LogP) is 0.937.